The summed E-state index contributed by atoms with van der Waals surface area (Å²) < 4.78 is 0. The van der Waals surface area contributed by atoms with E-state index in [1.807, 2.05) is 6.92 Å². The summed E-state index contributed by atoms with van der Waals surface area (Å²) in [5.74, 6) is -1.03. The number of aryl methyl sites for hydroxylation is 1. The van der Waals surface area contributed by atoms with Crippen LogP contribution in [0.3, 0.4) is 0 Å². The van der Waals surface area contributed by atoms with E-state index in [9.17, 15) is 9.59 Å². The largest absolute Gasteiger partial charge is 0.343 e. The Morgan fingerprint density at radius 1 is 1.29 bits per heavy atom. The van der Waals surface area contributed by atoms with Crippen molar-refractivity contribution in [2.45, 2.75) is 32.2 Å². The SMILES string of the molecule is Cc1cc(Cl)ccc1C1C(=O)NC(C)(C)C1=O. The first kappa shape index (κ1) is 12.1. The number of carbonyl (C=O) groups excluding carboxylic acids is 2. The average Bonchev–Trinajstić information content (AvgIpc) is 2.39. The molecular formula is C13H14ClNO2. The van der Waals surface area contributed by atoms with Crippen LogP contribution in [-0.2, 0) is 9.59 Å². The number of halogens is 1. The van der Waals surface area contributed by atoms with E-state index in [-0.39, 0.29) is 11.7 Å². The van der Waals surface area contributed by atoms with Gasteiger partial charge in [0.2, 0.25) is 5.91 Å². The number of nitrogens with one attached hydrogen (secondary N) is 1. The van der Waals surface area contributed by atoms with Gasteiger partial charge in [0.25, 0.3) is 0 Å². The first-order chi connectivity index (χ1) is 7.83. The highest BCUT2D eigenvalue weighted by atomic mass is 35.5. The van der Waals surface area contributed by atoms with Gasteiger partial charge < -0.3 is 5.32 Å². The molecule has 1 N–H and O–H groups in total. The van der Waals surface area contributed by atoms with Gasteiger partial charge in [-0.05, 0) is 44.0 Å². The minimum absolute atomic E-state index is 0.0899. The van der Waals surface area contributed by atoms with Crippen LogP contribution in [0.4, 0.5) is 0 Å². The zero-order valence-electron chi connectivity index (χ0n) is 10.0. The first-order valence-corrected chi connectivity index (χ1v) is 5.83. The third-order valence-corrected chi connectivity index (χ3v) is 3.35. The van der Waals surface area contributed by atoms with Crippen LogP contribution < -0.4 is 5.32 Å². The van der Waals surface area contributed by atoms with E-state index in [0.717, 1.165) is 11.1 Å². The molecule has 1 amide bonds. The number of hydrogen-bond donors (Lipinski definition) is 1. The van der Waals surface area contributed by atoms with Crippen molar-refractivity contribution in [1.29, 1.82) is 0 Å². The molecule has 0 bridgehead atoms. The molecule has 1 atom stereocenters. The van der Waals surface area contributed by atoms with Crippen molar-refractivity contribution in [2.24, 2.45) is 0 Å². The van der Waals surface area contributed by atoms with Gasteiger partial charge in [-0.2, -0.15) is 0 Å². The van der Waals surface area contributed by atoms with Gasteiger partial charge in [-0.15, -0.1) is 0 Å². The maximum absolute atomic E-state index is 12.2. The van der Waals surface area contributed by atoms with Crippen LogP contribution in [0.25, 0.3) is 0 Å². The van der Waals surface area contributed by atoms with Gasteiger partial charge in [-0.25, -0.2) is 0 Å². The summed E-state index contributed by atoms with van der Waals surface area (Å²) in [7, 11) is 0. The lowest BCUT2D eigenvalue weighted by Crippen LogP contribution is -2.39. The molecule has 4 heteroatoms. The highest BCUT2D eigenvalue weighted by molar-refractivity contribution is 6.30. The maximum atomic E-state index is 12.2. The number of benzene rings is 1. The summed E-state index contributed by atoms with van der Waals surface area (Å²) in [6.07, 6.45) is 0. The fraction of sp³-hybridized carbons (Fsp3) is 0.385. The average molecular weight is 252 g/mol. The van der Waals surface area contributed by atoms with E-state index in [2.05, 4.69) is 5.32 Å². The number of amides is 1. The summed E-state index contributed by atoms with van der Waals surface area (Å²) >= 11 is 5.87. The number of ketones is 1. The normalized spacial score (nSPS) is 22.7. The van der Waals surface area contributed by atoms with Crippen molar-refractivity contribution in [3.63, 3.8) is 0 Å². The minimum atomic E-state index is -0.784. The Bertz CT molecular complexity index is 508. The molecule has 1 saturated heterocycles. The molecule has 1 unspecified atom stereocenters. The fourth-order valence-electron chi connectivity index (χ4n) is 2.17. The highest BCUT2D eigenvalue weighted by Gasteiger charge is 2.47. The third-order valence-electron chi connectivity index (χ3n) is 3.12. The van der Waals surface area contributed by atoms with Crippen LogP contribution in [0.1, 0.15) is 30.9 Å². The van der Waals surface area contributed by atoms with E-state index in [0.29, 0.717) is 5.02 Å². The molecule has 90 valence electrons. The van der Waals surface area contributed by atoms with Gasteiger partial charge in [-0.3, -0.25) is 9.59 Å². The van der Waals surface area contributed by atoms with Gasteiger partial charge in [0.1, 0.15) is 5.92 Å². The maximum Gasteiger partial charge on any atom is 0.235 e. The molecule has 1 aliphatic heterocycles. The minimum Gasteiger partial charge on any atom is -0.343 e. The molecule has 0 aliphatic carbocycles. The van der Waals surface area contributed by atoms with Gasteiger partial charge in [0.05, 0.1) is 5.54 Å². The van der Waals surface area contributed by atoms with E-state index < -0.39 is 11.5 Å². The molecule has 1 aliphatic rings. The van der Waals surface area contributed by atoms with E-state index in [1.54, 1.807) is 32.0 Å². The zero-order chi connectivity index (χ0) is 12.8. The lowest BCUT2D eigenvalue weighted by atomic mass is 9.87. The summed E-state index contributed by atoms with van der Waals surface area (Å²) in [6, 6.07) is 5.22. The second kappa shape index (κ2) is 3.84. The predicted molar refractivity (Wildman–Crippen MR) is 66.2 cm³/mol. The quantitative estimate of drug-likeness (QED) is 0.778. The molecule has 0 saturated carbocycles. The second-order valence-corrected chi connectivity index (χ2v) is 5.35. The lowest BCUT2D eigenvalue weighted by molar-refractivity contribution is -0.125. The van der Waals surface area contributed by atoms with Gasteiger partial charge in [0, 0.05) is 5.02 Å². The number of rotatable bonds is 1. The molecule has 0 radical (unpaired) electrons. The van der Waals surface area contributed by atoms with Gasteiger partial charge >= 0.3 is 0 Å². The van der Waals surface area contributed by atoms with Crippen molar-refractivity contribution in [3.05, 3.63) is 34.3 Å². The molecule has 0 spiro atoms. The van der Waals surface area contributed by atoms with Crippen LogP contribution in [0, 0.1) is 6.92 Å². The van der Waals surface area contributed by atoms with Crippen molar-refractivity contribution < 1.29 is 9.59 Å². The van der Waals surface area contributed by atoms with Crippen molar-refractivity contribution >= 4 is 23.3 Å². The molecule has 17 heavy (non-hydrogen) atoms. The Kier molecular flexibility index (Phi) is 2.74. The van der Waals surface area contributed by atoms with Crippen LogP contribution in [0.15, 0.2) is 18.2 Å². The molecule has 1 aromatic carbocycles. The summed E-state index contributed by atoms with van der Waals surface area (Å²) in [5, 5.41) is 3.32. The van der Waals surface area contributed by atoms with Crippen molar-refractivity contribution in [1.82, 2.24) is 5.32 Å². The number of Topliss-reactive ketones (excluding diaryl/α,β-unsaturated/α-hetero) is 1. The van der Waals surface area contributed by atoms with Crippen LogP contribution >= 0.6 is 11.6 Å². The molecule has 0 aromatic heterocycles. The van der Waals surface area contributed by atoms with E-state index >= 15 is 0 Å². The van der Waals surface area contributed by atoms with Crippen molar-refractivity contribution in [3.8, 4) is 0 Å². The molecule has 1 fully saturated rings. The smallest absolute Gasteiger partial charge is 0.235 e. The van der Waals surface area contributed by atoms with Gasteiger partial charge in [-0.1, -0.05) is 17.7 Å². The Balaban J connectivity index is 2.48. The van der Waals surface area contributed by atoms with E-state index in [1.165, 1.54) is 0 Å². The first-order valence-electron chi connectivity index (χ1n) is 5.45. The van der Waals surface area contributed by atoms with Crippen LogP contribution in [0.2, 0.25) is 5.02 Å². The summed E-state index contributed by atoms with van der Waals surface area (Å²) in [6.45, 7) is 5.30. The number of carbonyl (C=O) groups is 2. The summed E-state index contributed by atoms with van der Waals surface area (Å²) in [5.41, 5.74) is 0.819. The lowest BCUT2D eigenvalue weighted by Gasteiger charge is -2.15. The fourth-order valence-corrected chi connectivity index (χ4v) is 2.39. The Morgan fingerprint density at radius 2 is 1.94 bits per heavy atom. The Labute approximate surface area is 105 Å². The predicted octanol–water partition coefficient (Wildman–Crippen LogP) is 2.21. The monoisotopic (exact) mass is 251 g/mol. The van der Waals surface area contributed by atoms with E-state index in [4.69, 9.17) is 11.6 Å². The molecule has 2 rings (SSSR count). The molecule has 1 aromatic rings. The van der Waals surface area contributed by atoms with Gasteiger partial charge in [0.15, 0.2) is 5.78 Å². The zero-order valence-corrected chi connectivity index (χ0v) is 10.8. The summed E-state index contributed by atoms with van der Waals surface area (Å²) in [4.78, 5) is 24.0. The van der Waals surface area contributed by atoms with Crippen LogP contribution in [-0.4, -0.2) is 17.2 Å². The van der Waals surface area contributed by atoms with Crippen LogP contribution in [0.5, 0.6) is 0 Å². The Morgan fingerprint density at radius 3 is 2.41 bits per heavy atom. The topological polar surface area (TPSA) is 46.2 Å². The number of hydrogen-bond acceptors (Lipinski definition) is 2. The molecule has 3 nitrogen and oxygen atoms in total. The highest BCUT2D eigenvalue weighted by Crippen LogP contribution is 2.32. The third kappa shape index (κ3) is 1.95. The van der Waals surface area contributed by atoms with Crippen molar-refractivity contribution in [2.75, 3.05) is 0 Å². The second-order valence-electron chi connectivity index (χ2n) is 4.91. The molecular weight excluding hydrogens is 238 g/mol. The molecule has 1 heterocycles. The standard InChI is InChI=1S/C13H14ClNO2/c1-7-6-8(14)4-5-9(7)10-11(16)13(2,3)15-12(10)17/h4-6,10H,1-3H3,(H,15,17). The Hall–Kier alpha value is -1.35.